The predicted octanol–water partition coefficient (Wildman–Crippen LogP) is 6.71. The lowest BCUT2D eigenvalue weighted by molar-refractivity contribution is -0.140. The van der Waals surface area contributed by atoms with Crippen LogP contribution < -0.4 is 4.74 Å². The summed E-state index contributed by atoms with van der Waals surface area (Å²) in [6.07, 6.45) is 13.1. The first-order valence-electron chi connectivity index (χ1n) is 11.1. The van der Waals surface area contributed by atoms with Crippen molar-refractivity contribution < 1.29 is 13.9 Å². The quantitative estimate of drug-likeness (QED) is 0.409. The molecule has 3 heteroatoms. The van der Waals surface area contributed by atoms with Crippen LogP contribution in [0.15, 0.2) is 18.2 Å². The van der Waals surface area contributed by atoms with Crippen molar-refractivity contribution in [2.45, 2.75) is 84.5 Å². The van der Waals surface area contributed by atoms with E-state index in [1.165, 1.54) is 44.6 Å². The average Bonchev–Trinajstić information content (AvgIpc) is 2.69. The van der Waals surface area contributed by atoms with Gasteiger partial charge < -0.3 is 4.74 Å². The normalized spacial score (nSPS) is 28.7. The molecule has 0 aromatic heterocycles. The van der Waals surface area contributed by atoms with Crippen molar-refractivity contribution in [3.8, 4) is 5.75 Å². The first-order chi connectivity index (χ1) is 13.1. The zero-order valence-corrected chi connectivity index (χ0v) is 17.0. The average molecular weight is 375 g/mol. The molecule has 0 unspecified atom stereocenters. The molecule has 3 rings (SSSR count). The summed E-state index contributed by atoms with van der Waals surface area (Å²) in [5.74, 6) is 2.47. The summed E-state index contributed by atoms with van der Waals surface area (Å²) < 4.78 is 19.4. The van der Waals surface area contributed by atoms with Crippen LogP contribution in [0.3, 0.4) is 0 Å². The van der Waals surface area contributed by atoms with Crippen molar-refractivity contribution in [1.29, 1.82) is 0 Å². The van der Waals surface area contributed by atoms with E-state index < -0.39 is 0 Å². The molecule has 0 N–H and O–H groups in total. The Morgan fingerprint density at radius 3 is 2.19 bits per heavy atom. The van der Waals surface area contributed by atoms with E-state index in [2.05, 4.69) is 6.92 Å². The molecule has 1 aromatic carbocycles. The Bertz CT molecular complexity index is 611. The molecule has 2 fully saturated rings. The van der Waals surface area contributed by atoms with E-state index in [0.29, 0.717) is 17.7 Å². The molecule has 0 bridgehead atoms. The molecule has 2 saturated carbocycles. The maximum Gasteiger partial charge on any atom is 0.314 e. The minimum absolute atomic E-state index is 0.0217. The SMILES string of the molecule is CCCC1CCC(C2CCC(C(=O)Oc3ccc(CC)c(F)c3)CC2)CC1. The topological polar surface area (TPSA) is 26.3 Å². The molecule has 1 aromatic rings. The van der Waals surface area contributed by atoms with Gasteiger partial charge in [-0.25, -0.2) is 4.39 Å². The third-order valence-electron chi connectivity index (χ3n) is 6.98. The van der Waals surface area contributed by atoms with Crippen LogP contribution in [-0.2, 0) is 11.2 Å². The standard InChI is InChI=1S/C24H35FO2/c1-3-5-17-6-8-19(9-7-17)20-10-12-21(13-11-20)24(26)27-22-15-14-18(4-2)23(25)16-22/h14-17,19-21H,3-13H2,1-2H3. The number of halogens is 1. The van der Waals surface area contributed by atoms with E-state index in [0.717, 1.165) is 43.4 Å². The number of carbonyl (C=O) groups is 1. The lowest BCUT2D eigenvalue weighted by Gasteiger charge is -2.37. The number of hydrogen-bond acceptors (Lipinski definition) is 2. The third kappa shape index (κ3) is 5.33. The summed E-state index contributed by atoms with van der Waals surface area (Å²) in [5, 5.41) is 0. The Kier molecular flexibility index (Phi) is 7.32. The minimum atomic E-state index is -0.287. The summed E-state index contributed by atoms with van der Waals surface area (Å²) in [7, 11) is 0. The largest absolute Gasteiger partial charge is 0.426 e. The lowest BCUT2D eigenvalue weighted by Crippen LogP contribution is -2.30. The fraction of sp³-hybridized carbons (Fsp3) is 0.708. The second-order valence-electron chi connectivity index (χ2n) is 8.71. The molecule has 2 nitrogen and oxygen atoms in total. The first-order valence-corrected chi connectivity index (χ1v) is 11.1. The molecule has 0 amide bonds. The van der Waals surface area contributed by atoms with Gasteiger partial charge in [0.25, 0.3) is 0 Å². The van der Waals surface area contributed by atoms with E-state index in [9.17, 15) is 9.18 Å². The fourth-order valence-electron chi connectivity index (χ4n) is 5.26. The third-order valence-corrected chi connectivity index (χ3v) is 6.98. The molecular weight excluding hydrogens is 339 g/mol. The number of hydrogen-bond donors (Lipinski definition) is 0. The summed E-state index contributed by atoms with van der Waals surface area (Å²) in [4.78, 5) is 12.5. The molecule has 0 spiro atoms. The second-order valence-corrected chi connectivity index (χ2v) is 8.71. The van der Waals surface area contributed by atoms with Crippen molar-refractivity contribution in [3.63, 3.8) is 0 Å². The predicted molar refractivity (Wildman–Crippen MR) is 107 cm³/mol. The molecule has 0 aliphatic heterocycles. The van der Waals surface area contributed by atoms with Crippen LogP contribution in [-0.4, -0.2) is 5.97 Å². The molecule has 2 aliphatic rings. The number of carbonyl (C=O) groups excluding carboxylic acids is 1. The van der Waals surface area contributed by atoms with Gasteiger partial charge in [0.05, 0.1) is 5.92 Å². The zero-order chi connectivity index (χ0) is 19.2. The first kappa shape index (κ1) is 20.4. The number of aryl methyl sites for hydroxylation is 1. The van der Waals surface area contributed by atoms with Gasteiger partial charge in [-0.15, -0.1) is 0 Å². The highest BCUT2D eigenvalue weighted by molar-refractivity contribution is 5.75. The molecule has 150 valence electrons. The molecule has 0 saturated heterocycles. The number of benzene rings is 1. The van der Waals surface area contributed by atoms with Crippen molar-refractivity contribution in [3.05, 3.63) is 29.6 Å². The van der Waals surface area contributed by atoms with E-state index in [1.54, 1.807) is 12.1 Å². The summed E-state index contributed by atoms with van der Waals surface area (Å²) in [5.41, 5.74) is 0.656. The lowest BCUT2D eigenvalue weighted by atomic mass is 9.69. The highest BCUT2D eigenvalue weighted by atomic mass is 19.1. The Morgan fingerprint density at radius 2 is 1.63 bits per heavy atom. The maximum absolute atomic E-state index is 13.9. The highest BCUT2D eigenvalue weighted by Gasteiger charge is 2.33. The van der Waals surface area contributed by atoms with Crippen molar-refractivity contribution >= 4 is 5.97 Å². The van der Waals surface area contributed by atoms with Crippen LogP contribution in [0.5, 0.6) is 5.75 Å². The van der Waals surface area contributed by atoms with Gasteiger partial charge in [0.2, 0.25) is 0 Å². The van der Waals surface area contributed by atoms with E-state index in [4.69, 9.17) is 4.74 Å². The Balaban J connectivity index is 1.45. The van der Waals surface area contributed by atoms with Crippen LogP contribution in [0.25, 0.3) is 0 Å². The maximum atomic E-state index is 13.9. The van der Waals surface area contributed by atoms with Crippen LogP contribution in [0.2, 0.25) is 0 Å². The van der Waals surface area contributed by atoms with Crippen LogP contribution in [0.1, 0.15) is 83.6 Å². The van der Waals surface area contributed by atoms with Crippen LogP contribution in [0, 0.1) is 29.5 Å². The van der Waals surface area contributed by atoms with E-state index in [1.807, 2.05) is 6.92 Å². The number of esters is 1. The summed E-state index contributed by atoms with van der Waals surface area (Å²) in [6, 6.07) is 4.76. The summed E-state index contributed by atoms with van der Waals surface area (Å²) >= 11 is 0. The monoisotopic (exact) mass is 374 g/mol. The van der Waals surface area contributed by atoms with Gasteiger partial charge in [0.15, 0.2) is 0 Å². The molecule has 0 radical (unpaired) electrons. The summed E-state index contributed by atoms with van der Waals surface area (Å²) in [6.45, 7) is 4.21. The van der Waals surface area contributed by atoms with E-state index in [-0.39, 0.29) is 17.7 Å². The zero-order valence-electron chi connectivity index (χ0n) is 17.0. The van der Waals surface area contributed by atoms with Gasteiger partial charge in [0.1, 0.15) is 11.6 Å². The molecule has 2 aliphatic carbocycles. The molecule has 0 atom stereocenters. The van der Waals surface area contributed by atoms with Crippen molar-refractivity contribution in [2.24, 2.45) is 23.7 Å². The van der Waals surface area contributed by atoms with Gasteiger partial charge >= 0.3 is 5.97 Å². The number of ether oxygens (including phenoxy) is 1. The second kappa shape index (κ2) is 9.71. The molecular formula is C24H35FO2. The smallest absolute Gasteiger partial charge is 0.314 e. The Labute approximate surface area is 163 Å². The minimum Gasteiger partial charge on any atom is -0.426 e. The highest BCUT2D eigenvalue weighted by Crippen LogP contribution is 2.42. The van der Waals surface area contributed by atoms with Gasteiger partial charge in [-0.05, 0) is 74.3 Å². The van der Waals surface area contributed by atoms with Gasteiger partial charge in [-0.1, -0.05) is 45.6 Å². The Hall–Kier alpha value is -1.38. The van der Waals surface area contributed by atoms with Gasteiger partial charge in [-0.3, -0.25) is 4.79 Å². The van der Waals surface area contributed by atoms with Crippen molar-refractivity contribution in [2.75, 3.05) is 0 Å². The van der Waals surface area contributed by atoms with Crippen molar-refractivity contribution in [1.82, 2.24) is 0 Å². The fourth-order valence-corrected chi connectivity index (χ4v) is 5.26. The number of rotatable bonds is 6. The van der Waals surface area contributed by atoms with Crippen LogP contribution >= 0.6 is 0 Å². The van der Waals surface area contributed by atoms with Gasteiger partial charge in [0, 0.05) is 6.07 Å². The Morgan fingerprint density at radius 1 is 1.00 bits per heavy atom. The van der Waals surface area contributed by atoms with E-state index >= 15 is 0 Å². The van der Waals surface area contributed by atoms with Crippen LogP contribution in [0.4, 0.5) is 4.39 Å². The molecule has 27 heavy (non-hydrogen) atoms. The van der Waals surface area contributed by atoms with Gasteiger partial charge in [-0.2, -0.15) is 0 Å². The molecule has 0 heterocycles.